The van der Waals surface area contributed by atoms with Crippen molar-refractivity contribution < 1.29 is 0 Å². The van der Waals surface area contributed by atoms with E-state index in [1.807, 2.05) is 12.1 Å². The number of hydrogen-bond acceptors (Lipinski definition) is 3. The van der Waals surface area contributed by atoms with Gasteiger partial charge in [-0.15, -0.1) is 0 Å². The standard InChI is InChI=1S/C17H19N3/c18-17-19-12-16(11-14-7-3-1-4-8-14)20(17)13-15-9-5-2-6-10-15/h1-10,16H,11-13H2,(H2,18,19). The van der Waals surface area contributed by atoms with E-state index in [4.69, 9.17) is 5.73 Å². The number of nitrogens with zero attached hydrogens (tertiary/aromatic N) is 2. The molecule has 0 fully saturated rings. The molecule has 1 aliphatic rings. The molecule has 0 bridgehead atoms. The number of guanidine groups is 1. The smallest absolute Gasteiger partial charge is 0.191 e. The van der Waals surface area contributed by atoms with Crippen LogP contribution in [0.2, 0.25) is 0 Å². The summed E-state index contributed by atoms with van der Waals surface area (Å²) in [6.45, 7) is 1.61. The Morgan fingerprint density at radius 2 is 1.55 bits per heavy atom. The van der Waals surface area contributed by atoms with E-state index >= 15 is 0 Å². The number of nitrogens with two attached hydrogens (primary N) is 1. The summed E-state index contributed by atoms with van der Waals surface area (Å²) in [5.41, 5.74) is 8.65. The number of benzene rings is 2. The minimum atomic E-state index is 0.359. The van der Waals surface area contributed by atoms with E-state index in [2.05, 4.69) is 58.4 Å². The third kappa shape index (κ3) is 2.82. The Hall–Kier alpha value is -2.29. The molecule has 2 N–H and O–H groups in total. The second kappa shape index (κ2) is 5.78. The average Bonchev–Trinajstić information content (AvgIpc) is 2.83. The second-order valence-electron chi connectivity index (χ2n) is 5.16. The molecule has 1 aliphatic heterocycles. The van der Waals surface area contributed by atoms with Gasteiger partial charge in [0.15, 0.2) is 5.96 Å². The van der Waals surface area contributed by atoms with Crippen LogP contribution >= 0.6 is 0 Å². The highest BCUT2D eigenvalue weighted by atomic mass is 15.3. The number of rotatable bonds is 4. The minimum absolute atomic E-state index is 0.359. The fourth-order valence-corrected chi connectivity index (χ4v) is 2.63. The molecular formula is C17H19N3. The molecule has 0 amide bonds. The summed E-state index contributed by atoms with van der Waals surface area (Å²) in [6, 6.07) is 21.3. The second-order valence-corrected chi connectivity index (χ2v) is 5.16. The van der Waals surface area contributed by atoms with Gasteiger partial charge in [0.25, 0.3) is 0 Å². The lowest BCUT2D eigenvalue weighted by Crippen LogP contribution is -2.41. The molecule has 1 atom stereocenters. The highest BCUT2D eigenvalue weighted by Crippen LogP contribution is 2.17. The Bertz CT molecular complexity index is 578. The van der Waals surface area contributed by atoms with Gasteiger partial charge >= 0.3 is 0 Å². The Morgan fingerprint density at radius 1 is 0.950 bits per heavy atom. The lowest BCUT2D eigenvalue weighted by Gasteiger charge is -2.26. The molecule has 1 heterocycles. The van der Waals surface area contributed by atoms with Gasteiger partial charge in [-0.3, -0.25) is 4.99 Å². The Kier molecular flexibility index (Phi) is 3.68. The average molecular weight is 265 g/mol. The van der Waals surface area contributed by atoms with Crippen molar-refractivity contribution in [2.24, 2.45) is 10.7 Å². The Morgan fingerprint density at radius 3 is 2.20 bits per heavy atom. The molecule has 102 valence electrons. The predicted molar refractivity (Wildman–Crippen MR) is 82.4 cm³/mol. The summed E-state index contributed by atoms with van der Waals surface area (Å²) in [6.07, 6.45) is 0.984. The summed E-state index contributed by atoms with van der Waals surface area (Å²) in [5.74, 6) is 0.662. The number of aliphatic imine (C=N–C) groups is 1. The molecule has 20 heavy (non-hydrogen) atoms. The first-order valence-corrected chi connectivity index (χ1v) is 6.97. The molecule has 1 unspecified atom stereocenters. The molecule has 0 spiro atoms. The Labute approximate surface area is 119 Å². The lowest BCUT2D eigenvalue weighted by atomic mass is 10.0. The molecule has 3 heteroatoms. The normalized spacial score (nSPS) is 18.1. The van der Waals surface area contributed by atoms with Crippen LogP contribution in [0.4, 0.5) is 0 Å². The van der Waals surface area contributed by atoms with E-state index in [0.717, 1.165) is 19.5 Å². The van der Waals surface area contributed by atoms with Crippen molar-refractivity contribution in [1.29, 1.82) is 0 Å². The minimum Gasteiger partial charge on any atom is -0.370 e. The van der Waals surface area contributed by atoms with E-state index in [-0.39, 0.29) is 0 Å². The van der Waals surface area contributed by atoms with E-state index < -0.39 is 0 Å². The highest BCUT2D eigenvalue weighted by Gasteiger charge is 2.25. The van der Waals surface area contributed by atoms with Crippen molar-refractivity contribution >= 4 is 5.96 Å². The van der Waals surface area contributed by atoms with Gasteiger partial charge in [-0.05, 0) is 17.5 Å². The molecule has 0 aliphatic carbocycles. The van der Waals surface area contributed by atoms with E-state index in [1.54, 1.807) is 0 Å². The molecule has 0 radical (unpaired) electrons. The number of hydrogen-bond donors (Lipinski definition) is 1. The lowest BCUT2D eigenvalue weighted by molar-refractivity contribution is 0.331. The van der Waals surface area contributed by atoms with E-state index in [0.29, 0.717) is 12.0 Å². The van der Waals surface area contributed by atoms with Gasteiger partial charge in [0, 0.05) is 6.54 Å². The van der Waals surface area contributed by atoms with Crippen LogP contribution in [-0.4, -0.2) is 23.4 Å². The fourth-order valence-electron chi connectivity index (χ4n) is 2.63. The van der Waals surface area contributed by atoms with E-state index in [1.165, 1.54) is 11.1 Å². The zero-order valence-electron chi connectivity index (χ0n) is 11.4. The summed E-state index contributed by atoms with van der Waals surface area (Å²) < 4.78 is 0. The fraction of sp³-hybridized carbons (Fsp3) is 0.235. The van der Waals surface area contributed by atoms with Crippen LogP contribution in [0.15, 0.2) is 65.7 Å². The summed E-state index contributed by atoms with van der Waals surface area (Å²) in [4.78, 5) is 6.62. The molecule has 2 aromatic rings. The van der Waals surface area contributed by atoms with Gasteiger partial charge in [0.05, 0.1) is 12.6 Å². The predicted octanol–water partition coefficient (Wildman–Crippen LogP) is 2.43. The van der Waals surface area contributed by atoms with Gasteiger partial charge in [0.2, 0.25) is 0 Å². The highest BCUT2D eigenvalue weighted by molar-refractivity contribution is 5.80. The van der Waals surface area contributed by atoms with E-state index in [9.17, 15) is 0 Å². The first kappa shape index (κ1) is 12.7. The zero-order valence-corrected chi connectivity index (χ0v) is 11.4. The molecule has 0 saturated carbocycles. The van der Waals surface area contributed by atoms with Gasteiger partial charge in [-0.2, -0.15) is 0 Å². The molecule has 0 aromatic heterocycles. The zero-order chi connectivity index (χ0) is 13.8. The van der Waals surface area contributed by atoms with Gasteiger partial charge < -0.3 is 10.6 Å². The molecule has 0 saturated heterocycles. The first-order chi connectivity index (χ1) is 9.83. The molecule has 3 rings (SSSR count). The maximum Gasteiger partial charge on any atom is 0.191 e. The van der Waals surface area contributed by atoms with Crippen LogP contribution < -0.4 is 5.73 Å². The SMILES string of the molecule is NC1=NCC(Cc2ccccc2)N1Cc1ccccc1. The van der Waals surface area contributed by atoms with Crippen molar-refractivity contribution in [2.75, 3.05) is 6.54 Å². The topological polar surface area (TPSA) is 41.6 Å². The largest absolute Gasteiger partial charge is 0.370 e. The maximum absolute atomic E-state index is 6.05. The van der Waals surface area contributed by atoms with Crippen molar-refractivity contribution in [1.82, 2.24) is 4.90 Å². The quantitative estimate of drug-likeness (QED) is 0.922. The third-order valence-electron chi connectivity index (χ3n) is 3.71. The van der Waals surface area contributed by atoms with Crippen LogP contribution in [0.3, 0.4) is 0 Å². The summed E-state index contributed by atoms with van der Waals surface area (Å²) >= 11 is 0. The van der Waals surface area contributed by atoms with Crippen LogP contribution in [0.1, 0.15) is 11.1 Å². The van der Waals surface area contributed by atoms with Crippen molar-refractivity contribution in [3.8, 4) is 0 Å². The summed E-state index contributed by atoms with van der Waals surface area (Å²) in [7, 11) is 0. The third-order valence-corrected chi connectivity index (χ3v) is 3.71. The van der Waals surface area contributed by atoms with Crippen molar-refractivity contribution in [3.05, 3.63) is 71.8 Å². The van der Waals surface area contributed by atoms with Crippen LogP contribution in [0, 0.1) is 0 Å². The van der Waals surface area contributed by atoms with Crippen LogP contribution in [0.5, 0.6) is 0 Å². The van der Waals surface area contributed by atoms with Crippen molar-refractivity contribution in [2.45, 2.75) is 19.0 Å². The molecule has 3 nitrogen and oxygen atoms in total. The summed E-state index contributed by atoms with van der Waals surface area (Å²) in [5, 5.41) is 0. The maximum atomic E-state index is 6.05. The van der Waals surface area contributed by atoms with Crippen LogP contribution in [-0.2, 0) is 13.0 Å². The van der Waals surface area contributed by atoms with Crippen LogP contribution in [0.25, 0.3) is 0 Å². The first-order valence-electron chi connectivity index (χ1n) is 6.97. The molecular weight excluding hydrogens is 246 g/mol. The Balaban J connectivity index is 1.72. The monoisotopic (exact) mass is 265 g/mol. The van der Waals surface area contributed by atoms with Gasteiger partial charge in [0.1, 0.15) is 0 Å². The molecule has 2 aromatic carbocycles. The van der Waals surface area contributed by atoms with Gasteiger partial charge in [-0.25, -0.2) is 0 Å². The van der Waals surface area contributed by atoms with Gasteiger partial charge in [-0.1, -0.05) is 60.7 Å². The van der Waals surface area contributed by atoms with Crippen molar-refractivity contribution in [3.63, 3.8) is 0 Å².